The summed E-state index contributed by atoms with van der Waals surface area (Å²) in [5.41, 5.74) is 0.393. The fourth-order valence-corrected chi connectivity index (χ4v) is 3.67. The Morgan fingerprint density at radius 2 is 1.79 bits per heavy atom. The molecule has 1 aromatic carbocycles. The van der Waals surface area contributed by atoms with Crippen molar-refractivity contribution in [1.82, 2.24) is 0 Å². The zero-order valence-electron chi connectivity index (χ0n) is 10.9. The summed E-state index contributed by atoms with van der Waals surface area (Å²) in [6, 6.07) is 2.78. The maximum absolute atomic E-state index is 14.1. The second-order valence-corrected chi connectivity index (χ2v) is 5.66. The van der Waals surface area contributed by atoms with Gasteiger partial charge in [0.05, 0.1) is 6.61 Å². The summed E-state index contributed by atoms with van der Waals surface area (Å²) < 4.78 is 28.2. The Morgan fingerprint density at radius 3 is 2.47 bits per heavy atom. The van der Waals surface area contributed by atoms with Gasteiger partial charge in [-0.15, -0.1) is 0 Å². The van der Waals surface area contributed by atoms with Gasteiger partial charge in [0.1, 0.15) is 17.3 Å². The number of hydrogen-bond donors (Lipinski definition) is 1. The van der Waals surface area contributed by atoms with Crippen molar-refractivity contribution in [1.29, 1.82) is 0 Å². The van der Waals surface area contributed by atoms with Crippen LogP contribution in [0.3, 0.4) is 0 Å². The third-order valence-corrected chi connectivity index (χ3v) is 4.56. The number of aliphatic hydroxyl groups excluding tert-OH is 1. The van der Waals surface area contributed by atoms with E-state index in [0.29, 0.717) is 5.92 Å². The number of halogens is 2. The van der Waals surface area contributed by atoms with Crippen LogP contribution in [0.4, 0.5) is 14.5 Å². The van der Waals surface area contributed by atoms with E-state index in [9.17, 15) is 8.78 Å². The summed E-state index contributed by atoms with van der Waals surface area (Å²) in [6.45, 7) is 0.405. The van der Waals surface area contributed by atoms with Crippen LogP contribution in [-0.4, -0.2) is 17.7 Å². The lowest BCUT2D eigenvalue weighted by Crippen LogP contribution is -2.35. The largest absolute Gasteiger partial charge is 0.392 e. The summed E-state index contributed by atoms with van der Waals surface area (Å²) in [4.78, 5) is 1.91. The van der Waals surface area contributed by atoms with Crippen LogP contribution in [0.25, 0.3) is 0 Å². The summed E-state index contributed by atoms with van der Waals surface area (Å²) >= 11 is 0. The highest BCUT2D eigenvalue weighted by atomic mass is 19.1. The predicted octanol–water partition coefficient (Wildman–Crippen LogP) is 3.23. The van der Waals surface area contributed by atoms with Crippen molar-refractivity contribution in [2.45, 2.75) is 44.8 Å². The van der Waals surface area contributed by atoms with E-state index in [1.54, 1.807) is 0 Å². The van der Waals surface area contributed by atoms with Crippen LogP contribution in [-0.2, 0) is 6.61 Å². The second-order valence-electron chi connectivity index (χ2n) is 5.66. The van der Waals surface area contributed by atoms with E-state index in [1.807, 2.05) is 4.90 Å². The molecule has 0 bridgehead atoms. The van der Waals surface area contributed by atoms with Gasteiger partial charge in [-0.1, -0.05) is 12.8 Å². The normalized spacial score (nSPS) is 26.6. The van der Waals surface area contributed by atoms with E-state index < -0.39 is 11.6 Å². The number of anilines is 1. The molecule has 104 valence electrons. The van der Waals surface area contributed by atoms with Gasteiger partial charge in [0.2, 0.25) is 0 Å². The Labute approximate surface area is 112 Å². The minimum absolute atomic E-state index is 0.103. The van der Waals surface area contributed by atoms with Crippen molar-refractivity contribution in [2.75, 3.05) is 11.4 Å². The molecule has 2 atom stereocenters. The average Bonchev–Trinajstić information content (AvgIpc) is 2.82. The highest BCUT2D eigenvalue weighted by Gasteiger charge is 2.37. The summed E-state index contributed by atoms with van der Waals surface area (Å²) in [5.74, 6) is -0.504. The van der Waals surface area contributed by atoms with Crippen LogP contribution in [0.2, 0.25) is 0 Å². The van der Waals surface area contributed by atoms with Crippen molar-refractivity contribution in [2.24, 2.45) is 5.92 Å². The molecular weight excluding hydrogens is 248 g/mol. The lowest BCUT2D eigenvalue weighted by molar-refractivity contribution is 0.280. The van der Waals surface area contributed by atoms with Gasteiger partial charge < -0.3 is 10.0 Å². The molecule has 2 unspecified atom stereocenters. The SMILES string of the molecule is OCc1cc(F)c(N2CCC3CCCCC32)c(F)c1. The first kappa shape index (κ1) is 12.9. The molecule has 4 heteroatoms. The van der Waals surface area contributed by atoms with E-state index >= 15 is 0 Å². The molecule has 1 aliphatic heterocycles. The van der Waals surface area contributed by atoms with Crippen molar-refractivity contribution < 1.29 is 13.9 Å². The zero-order chi connectivity index (χ0) is 13.4. The third-order valence-electron chi connectivity index (χ3n) is 4.56. The molecule has 19 heavy (non-hydrogen) atoms. The van der Waals surface area contributed by atoms with Crippen molar-refractivity contribution >= 4 is 5.69 Å². The first-order valence-electron chi connectivity index (χ1n) is 7.06. The Morgan fingerprint density at radius 1 is 1.11 bits per heavy atom. The number of benzene rings is 1. The fourth-order valence-electron chi connectivity index (χ4n) is 3.67. The van der Waals surface area contributed by atoms with E-state index in [2.05, 4.69) is 0 Å². The standard InChI is InChI=1S/C15H19F2NO/c16-12-7-10(9-19)8-13(17)15(12)18-6-5-11-3-1-2-4-14(11)18/h7-8,11,14,19H,1-6,9H2. The topological polar surface area (TPSA) is 23.5 Å². The van der Waals surface area contributed by atoms with Crippen LogP contribution in [0.1, 0.15) is 37.7 Å². The lowest BCUT2D eigenvalue weighted by Gasteiger charge is -2.33. The molecule has 2 aliphatic rings. The van der Waals surface area contributed by atoms with Gasteiger partial charge in [0.15, 0.2) is 0 Å². The molecule has 3 rings (SSSR count). The van der Waals surface area contributed by atoms with Gasteiger partial charge in [-0.3, -0.25) is 0 Å². The van der Waals surface area contributed by atoms with Gasteiger partial charge in [0, 0.05) is 12.6 Å². The summed E-state index contributed by atoms with van der Waals surface area (Å²) in [6.07, 6.45) is 5.63. The molecule has 1 aromatic rings. The minimum atomic E-state index is -0.546. The van der Waals surface area contributed by atoms with E-state index in [-0.39, 0.29) is 23.9 Å². The van der Waals surface area contributed by atoms with Crippen LogP contribution in [0.15, 0.2) is 12.1 Å². The van der Waals surface area contributed by atoms with Crippen molar-refractivity contribution in [3.8, 4) is 0 Å². The minimum Gasteiger partial charge on any atom is -0.392 e. The predicted molar refractivity (Wildman–Crippen MR) is 70.0 cm³/mol. The van der Waals surface area contributed by atoms with Gasteiger partial charge in [-0.25, -0.2) is 8.78 Å². The highest BCUT2D eigenvalue weighted by molar-refractivity contribution is 5.52. The first-order valence-corrected chi connectivity index (χ1v) is 7.06. The monoisotopic (exact) mass is 267 g/mol. The first-order chi connectivity index (χ1) is 9.20. The molecule has 0 amide bonds. The quantitative estimate of drug-likeness (QED) is 0.889. The Hall–Kier alpha value is -1.16. The third kappa shape index (κ3) is 2.22. The molecular formula is C15H19F2NO. The summed E-state index contributed by atoms with van der Waals surface area (Å²) in [7, 11) is 0. The molecule has 0 radical (unpaired) electrons. The van der Waals surface area contributed by atoms with Crippen LogP contribution >= 0.6 is 0 Å². The Kier molecular flexibility index (Phi) is 3.44. The molecule has 2 fully saturated rings. The fraction of sp³-hybridized carbons (Fsp3) is 0.600. The smallest absolute Gasteiger partial charge is 0.149 e. The van der Waals surface area contributed by atoms with Crippen LogP contribution in [0.5, 0.6) is 0 Å². The number of fused-ring (bicyclic) bond motifs is 1. The number of hydrogen-bond acceptors (Lipinski definition) is 2. The van der Waals surface area contributed by atoms with Gasteiger partial charge in [-0.2, -0.15) is 0 Å². The number of aliphatic hydroxyl groups is 1. The molecule has 0 spiro atoms. The summed E-state index contributed by atoms with van der Waals surface area (Å²) in [5, 5.41) is 8.98. The molecule has 1 saturated carbocycles. The van der Waals surface area contributed by atoms with Gasteiger partial charge in [-0.05, 0) is 42.9 Å². The lowest BCUT2D eigenvalue weighted by atomic mass is 9.85. The molecule has 1 heterocycles. The van der Waals surface area contributed by atoms with Crippen molar-refractivity contribution in [3.05, 3.63) is 29.3 Å². The van der Waals surface area contributed by atoms with E-state index in [0.717, 1.165) is 25.8 Å². The van der Waals surface area contributed by atoms with Crippen LogP contribution < -0.4 is 4.90 Å². The Bertz CT molecular complexity index is 454. The molecule has 1 N–H and O–H groups in total. The van der Waals surface area contributed by atoms with E-state index in [4.69, 9.17) is 5.11 Å². The number of rotatable bonds is 2. The van der Waals surface area contributed by atoms with Gasteiger partial charge in [0.25, 0.3) is 0 Å². The molecule has 1 aliphatic carbocycles. The molecule has 0 aromatic heterocycles. The maximum Gasteiger partial charge on any atom is 0.149 e. The zero-order valence-corrected chi connectivity index (χ0v) is 10.9. The molecule has 2 nitrogen and oxygen atoms in total. The Balaban J connectivity index is 1.94. The molecule has 1 saturated heterocycles. The number of nitrogens with zero attached hydrogens (tertiary/aromatic N) is 1. The van der Waals surface area contributed by atoms with Crippen molar-refractivity contribution in [3.63, 3.8) is 0 Å². The van der Waals surface area contributed by atoms with Gasteiger partial charge >= 0.3 is 0 Å². The maximum atomic E-state index is 14.1. The highest BCUT2D eigenvalue weighted by Crippen LogP contribution is 2.40. The average molecular weight is 267 g/mol. The second kappa shape index (κ2) is 5.08. The van der Waals surface area contributed by atoms with E-state index in [1.165, 1.54) is 25.0 Å². The van der Waals surface area contributed by atoms with Crippen LogP contribution in [0, 0.1) is 17.6 Å².